The Labute approximate surface area is 82.3 Å². The molecule has 0 spiro atoms. The molecule has 0 aliphatic carbocycles. The van der Waals surface area contributed by atoms with Crippen LogP contribution < -0.4 is 4.74 Å². The molecular weight excluding hydrogens is 184 g/mol. The fourth-order valence-electron chi connectivity index (χ4n) is 1.22. The molecule has 1 aliphatic rings. The normalized spacial score (nSPS) is 17.8. The van der Waals surface area contributed by atoms with Crippen LogP contribution in [0.4, 0.5) is 0 Å². The highest BCUT2D eigenvalue weighted by molar-refractivity contribution is 6.25. The average Bonchev–Trinajstić information content (AvgIpc) is 2.39. The van der Waals surface area contributed by atoms with Crippen LogP contribution in [0, 0.1) is 0 Å². The second kappa shape index (κ2) is 3.67. The van der Waals surface area contributed by atoms with Crippen LogP contribution in [-0.4, -0.2) is 6.61 Å². The van der Waals surface area contributed by atoms with Crippen molar-refractivity contribution in [1.29, 1.82) is 0 Å². The Kier molecular flexibility index (Phi) is 2.37. The summed E-state index contributed by atoms with van der Waals surface area (Å²) in [6.07, 6.45) is 3.98. The molecule has 0 radical (unpaired) electrons. The van der Waals surface area contributed by atoms with Gasteiger partial charge in [-0.15, -0.1) is 0 Å². The molecule has 1 nitrogen and oxygen atoms in total. The molecular formula is C11H9ClO. The largest absolute Gasteiger partial charge is 0.488 e. The minimum Gasteiger partial charge on any atom is -0.488 e. The molecule has 0 atom stereocenters. The Morgan fingerprint density at radius 1 is 1.23 bits per heavy atom. The summed E-state index contributed by atoms with van der Waals surface area (Å²) in [6.45, 7) is 0.539. The van der Waals surface area contributed by atoms with E-state index in [0.29, 0.717) is 6.61 Å². The van der Waals surface area contributed by atoms with Crippen molar-refractivity contribution in [2.45, 2.75) is 0 Å². The van der Waals surface area contributed by atoms with E-state index in [0.717, 1.165) is 16.9 Å². The number of benzene rings is 1. The third-order valence-electron chi connectivity index (χ3n) is 1.93. The van der Waals surface area contributed by atoms with Crippen LogP contribution in [0.2, 0.25) is 0 Å². The Bertz CT molecular complexity index is 366. The lowest BCUT2D eigenvalue weighted by Gasteiger charge is -2.04. The van der Waals surface area contributed by atoms with Crippen molar-refractivity contribution in [3.8, 4) is 5.75 Å². The van der Waals surface area contributed by atoms with E-state index in [1.54, 1.807) is 5.54 Å². The summed E-state index contributed by atoms with van der Waals surface area (Å²) >= 11 is 5.60. The molecule has 1 aliphatic heterocycles. The van der Waals surface area contributed by atoms with Gasteiger partial charge in [-0.05, 0) is 6.07 Å². The van der Waals surface area contributed by atoms with Crippen LogP contribution >= 0.6 is 11.6 Å². The molecule has 0 fully saturated rings. The Morgan fingerprint density at radius 3 is 2.92 bits per heavy atom. The highest BCUT2D eigenvalue weighted by Gasteiger charge is 2.04. The second-order valence-corrected chi connectivity index (χ2v) is 3.06. The molecule has 0 saturated carbocycles. The van der Waals surface area contributed by atoms with Gasteiger partial charge in [0.25, 0.3) is 0 Å². The van der Waals surface area contributed by atoms with E-state index in [4.69, 9.17) is 16.3 Å². The van der Waals surface area contributed by atoms with Crippen molar-refractivity contribution < 1.29 is 4.74 Å². The third-order valence-corrected chi connectivity index (χ3v) is 2.21. The van der Waals surface area contributed by atoms with Crippen molar-refractivity contribution in [2.24, 2.45) is 0 Å². The van der Waals surface area contributed by atoms with E-state index < -0.39 is 0 Å². The molecule has 1 heterocycles. The van der Waals surface area contributed by atoms with Crippen molar-refractivity contribution in [1.82, 2.24) is 0 Å². The number of rotatable bonds is 0. The predicted molar refractivity (Wildman–Crippen MR) is 54.9 cm³/mol. The molecule has 13 heavy (non-hydrogen) atoms. The SMILES string of the molecule is Cl/C=C1\C=Cc2ccccc2OC1. The maximum Gasteiger partial charge on any atom is 0.127 e. The van der Waals surface area contributed by atoms with Crippen LogP contribution in [0.5, 0.6) is 5.75 Å². The zero-order chi connectivity index (χ0) is 9.10. The zero-order valence-electron chi connectivity index (χ0n) is 7.03. The van der Waals surface area contributed by atoms with E-state index in [1.807, 2.05) is 36.4 Å². The quantitative estimate of drug-likeness (QED) is 0.614. The van der Waals surface area contributed by atoms with Crippen molar-refractivity contribution in [2.75, 3.05) is 6.61 Å². The van der Waals surface area contributed by atoms with Gasteiger partial charge in [-0.25, -0.2) is 0 Å². The summed E-state index contributed by atoms with van der Waals surface area (Å²) in [5.41, 5.74) is 3.62. The number of fused-ring (bicyclic) bond motifs is 1. The minimum absolute atomic E-state index is 0.539. The van der Waals surface area contributed by atoms with Crippen molar-refractivity contribution >= 4 is 17.7 Å². The van der Waals surface area contributed by atoms with Gasteiger partial charge in [-0.2, -0.15) is 0 Å². The smallest absolute Gasteiger partial charge is 0.127 e. The number of hydrogen-bond donors (Lipinski definition) is 0. The summed E-state index contributed by atoms with van der Waals surface area (Å²) in [5, 5.41) is 0. The molecule has 0 unspecified atom stereocenters. The summed E-state index contributed by atoms with van der Waals surface area (Å²) in [4.78, 5) is 0. The van der Waals surface area contributed by atoms with E-state index in [9.17, 15) is 0 Å². The summed E-state index contributed by atoms with van der Waals surface area (Å²) in [7, 11) is 0. The van der Waals surface area contributed by atoms with Gasteiger partial charge in [0.15, 0.2) is 0 Å². The molecule has 1 aromatic rings. The first kappa shape index (κ1) is 8.39. The lowest BCUT2D eigenvalue weighted by Crippen LogP contribution is -1.97. The molecule has 2 rings (SSSR count). The van der Waals surface area contributed by atoms with Crippen LogP contribution in [0.25, 0.3) is 6.08 Å². The van der Waals surface area contributed by atoms with Gasteiger partial charge in [0.2, 0.25) is 0 Å². The zero-order valence-corrected chi connectivity index (χ0v) is 7.79. The molecule has 0 N–H and O–H groups in total. The van der Waals surface area contributed by atoms with Crippen molar-refractivity contribution in [3.63, 3.8) is 0 Å². The Balaban J connectivity index is 2.39. The number of halogens is 1. The molecule has 2 heteroatoms. The van der Waals surface area contributed by atoms with Crippen LogP contribution in [0.15, 0.2) is 41.4 Å². The topological polar surface area (TPSA) is 9.23 Å². The number of ether oxygens (including phenoxy) is 1. The Morgan fingerprint density at radius 2 is 2.08 bits per heavy atom. The maximum absolute atomic E-state index is 5.60. The minimum atomic E-state index is 0.539. The number of hydrogen-bond acceptors (Lipinski definition) is 1. The maximum atomic E-state index is 5.60. The number of para-hydroxylation sites is 1. The van der Waals surface area contributed by atoms with Gasteiger partial charge < -0.3 is 4.74 Å². The lowest BCUT2D eigenvalue weighted by molar-refractivity contribution is 0.357. The summed E-state index contributed by atoms with van der Waals surface area (Å²) in [5.74, 6) is 0.910. The first-order valence-corrected chi connectivity index (χ1v) is 4.53. The van der Waals surface area contributed by atoms with Gasteiger partial charge >= 0.3 is 0 Å². The molecule has 0 amide bonds. The predicted octanol–water partition coefficient (Wildman–Crippen LogP) is 3.21. The van der Waals surface area contributed by atoms with E-state index in [-0.39, 0.29) is 0 Å². The molecule has 0 aromatic heterocycles. The van der Waals surface area contributed by atoms with Gasteiger partial charge in [-0.1, -0.05) is 42.0 Å². The molecule has 66 valence electrons. The molecule has 0 bridgehead atoms. The van der Waals surface area contributed by atoms with Gasteiger partial charge in [0.1, 0.15) is 12.4 Å². The first-order valence-electron chi connectivity index (χ1n) is 4.09. The fourth-order valence-corrected chi connectivity index (χ4v) is 1.36. The fraction of sp³-hybridized carbons (Fsp3) is 0.0909. The summed E-state index contributed by atoms with van der Waals surface area (Å²) < 4.78 is 5.54. The lowest BCUT2D eigenvalue weighted by atomic mass is 10.2. The van der Waals surface area contributed by atoms with E-state index >= 15 is 0 Å². The van der Waals surface area contributed by atoms with Crippen LogP contribution in [0.3, 0.4) is 0 Å². The molecule has 0 saturated heterocycles. The second-order valence-electron chi connectivity index (χ2n) is 2.84. The average molecular weight is 193 g/mol. The Hall–Kier alpha value is -1.21. The van der Waals surface area contributed by atoms with Crippen molar-refractivity contribution in [3.05, 3.63) is 47.0 Å². The van der Waals surface area contributed by atoms with E-state index in [2.05, 4.69) is 0 Å². The van der Waals surface area contributed by atoms with Gasteiger partial charge in [0.05, 0.1) is 0 Å². The third kappa shape index (κ3) is 1.76. The standard InChI is InChI=1S/C11H9ClO/c12-7-9-5-6-10-3-1-2-4-11(10)13-8-9/h1-7H,8H2/b9-7+. The van der Waals surface area contributed by atoms with Gasteiger partial charge in [-0.3, -0.25) is 0 Å². The van der Waals surface area contributed by atoms with Crippen LogP contribution in [-0.2, 0) is 0 Å². The monoisotopic (exact) mass is 192 g/mol. The highest BCUT2D eigenvalue weighted by atomic mass is 35.5. The van der Waals surface area contributed by atoms with Gasteiger partial charge in [0, 0.05) is 16.7 Å². The molecule has 1 aromatic carbocycles. The highest BCUT2D eigenvalue weighted by Crippen LogP contribution is 2.23. The first-order chi connectivity index (χ1) is 6.40. The van der Waals surface area contributed by atoms with Crippen LogP contribution in [0.1, 0.15) is 5.56 Å². The summed E-state index contributed by atoms with van der Waals surface area (Å²) in [6, 6.07) is 7.92. The van der Waals surface area contributed by atoms with E-state index in [1.165, 1.54) is 0 Å².